The van der Waals surface area contributed by atoms with Gasteiger partial charge in [0.2, 0.25) is 0 Å². The highest BCUT2D eigenvalue weighted by Crippen LogP contribution is 2.31. The highest BCUT2D eigenvalue weighted by molar-refractivity contribution is 8.00. The highest BCUT2D eigenvalue weighted by atomic mass is 32.2. The predicted molar refractivity (Wildman–Crippen MR) is 69.8 cm³/mol. The number of pyridine rings is 1. The monoisotopic (exact) mass is 239 g/mol. The molecule has 0 bridgehead atoms. The molecule has 0 saturated heterocycles. The molecule has 1 heterocycles. The molecule has 0 aromatic carbocycles. The summed E-state index contributed by atoms with van der Waals surface area (Å²) in [6, 6.07) is 3.99. The zero-order valence-corrected chi connectivity index (χ0v) is 11.6. The lowest BCUT2D eigenvalue weighted by atomic mass is 10.1. The van der Waals surface area contributed by atoms with Gasteiger partial charge >= 0.3 is 0 Å². The minimum atomic E-state index is -0.388. The second kappa shape index (κ2) is 5.19. The number of nitrogens with zero attached hydrogens (tertiary/aromatic N) is 1. The average molecular weight is 239 g/mol. The third-order valence-corrected chi connectivity index (χ3v) is 3.31. The van der Waals surface area contributed by atoms with E-state index in [9.17, 15) is 5.11 Å². The van der Waals surface area contributed by atoms with E-state index in [0.29, 0.717) is 0 Å². The van der Waals surface area contributed by atoms with Gasteiger partial charge in [-0.05, 0) is 19.4 Å². The maximum atomic E-state index is 9.79. The van der Waals surface area contributed by atoms with Crippen molar-refractivity contribution in [1.82, 2.24) is 4.98 Å². The van der Waals surface area contributed by atoms with Crippen LogP contribution in [0.25, 0.3) is 0 Å². The molecule has 0 saturated carbocycles. The molecule has 0 unspecified atom stereocenters. The first-order chi connectivity index (χ1) is 7.33. The quantitative estimate of drug-likeness (QED) is 0.816. The van der Waals surface area contributed by atoms with Crippen LogP contribution >= 0.6 is 11.8 Å². The first kappa shape index (κ1) is 13.5. The van der Waals surface area contributed by atoms with Crippen molar-refractivity contribution in [2.75, 3.05) is 0 Å². The molecule has 0 fully saturated rings. The van der Waals surface area contributed by atoms with Crippen LogP contribution in [-0.2, 0) is 0 Å². The van der Waals surface area contributed by atoms with Crippen LogP contribution in [0.4, 0.5) is 0 Å². The van der Waals surface area contributed by atoms with E-state index in [1.54, 1.807) is 11.8 Å². The molecule has 1 aromatic heterocycles. The Morgan fingerprint density at radius 1 is 1.38 bits per heavy atom. The Balaban J connectivity index is 2.91. The predicted octanol–water partition coefficient (Wildman–Crippen LogP) is 3.72. The molecule has 16 heavy (non-hydrogen) atoms. The van der Waals surface area contributed by atoms with E-state index >= 15 is 0 Å². The molecule has 0 radical (unpaired) electrons. The lowest BCUT2D eigenvalue weighted by Crippen LogP contribution is -2.08. The lowest BCUT2D eigenvalue weighted by Gasteiger charge is -2.18. The van der Waals surface area contributed by atoms with Crippen molar-refractivity contribution in [1.29, 1.82) is 0 Å². The number of aliphatic hydroxyl groups excluding tert-OH is 1. The zero-order valence-electron chi connectivity index (χ0n) is 10.7. The first-order valence-corrected chi connectivity index (χ1v) is 6.49. The van der Waals surface area contributed by atoms with E-state index in [-0.39, 0.29) is 10.9 Å². The van der Waals surface area contributed by atoms with Crippen molar-refractivity contribution in [3.63, 3.8) is 0 Å². The minimum absolute atomic E-state index is 0.171. The Morgan fingerprint density at radius 3 is 2.44 bits per heavy atom. The van der Waals surface area contributed by atoms with Gasteiger partial charge in [-0.2, -0.15) is 0 Å². The fraction of sp³-hybridized carbons (Fsp3) is 0.615. The van der Waals surface area contributed by atoms with E-state index in [1.165, 1.54) is 0 Å². The summed E-state index contributed by atoms with van der Waals surface area (Å²) in [7, 11) is 0. The van der Waals surface area contributed by atoms with Crippen molar-refractivity contribution < 1.29 is 5.11 Å². The minimum Gasteiger partial charge on any atom is -0.388 e. The topological polar surface area (TPSA) is 33.1 Å². The van der Waals surface area contributed by atoms with Gasteiger partial charge in [-0.1, -0.05) is 33.8 Å². The molecule has 1 aromatic rings. The molecule has 2 nitrogen and oxygen atoms in total. The van der Waals surface area contributed by atoms with Gasteiger partial charge in [0.15, 0.2) is 0 Å². The molecule has 1 N–H and O–H groups in total. The Kier molecular flexibility index (Phi) is 4.39. The number of aryl methyl sites for hydroxylation is 1. The third-order valence-electron chi connectivity index (χ3n) is 2.26. The van der Waals surface area contributed by atoms with Gasteiger partial charge in [0.25, 0.3) is 0 Å². The van der Waals surface area contributed by atoms with Gasteiger partial charge in [-0.25, -0.2) is 4.98 Å². The molecule has 1 atom stereocenters. The molecule has 0 aliphatic rings. The summed E-state index contributed by atoms with van der Waals surface area (Å²) >= 11 is 1.75. The second-order valence-electron chi connectivity index (χ2n) is 4.96. The molecule has 0 aliphatic heterocycles. The van der Waals surface area contributed by atoms with Gasteiger partial charge in [-0.3, -0.25) is 0 Å². The largest absolute Gasteiger partial charge is 0.388 e. The van der Waals surface area contributed by atoms with Crippen LogP contribution in [0, 0.1) is 6.92 Å². The molecule has 0 amide bonds. The van der Waals surface area contributed by atoms with E-state index in [1.807, 2.05) is 26.0 Å². The number of hydrogen-bond acceptors (Lipinski definition) is 3. The van der Waals surface area contributed by atoms with E-state index in [2.05, 4.69) is 25.8 Å². The summed E-state index contributed by atoms with van der Waals surface area (Å²) < 4.78 is 0.171. The van der Waals surface area contributed by atoms with Crippen LogP contribution < -0.4 is 0 Å². The molecular weight excluding hydrogens is 218 g/mol. The summed E-state index contributed by atoms with van der Waals surface area (Å²) in [6.45, 7) is 10.4. The number of aromatic nitrogens is 1. The second-order valence-corrected chi connectivity index (χ2v) is 6.81. The van der Waals surface area contributed by atoms with Crippen LogP contribution in [0.5, 0.6) is 0 Å². The van der Waals surface area contributed by atoms with Crippen molar-refractivity contribution in [3.05, 3.63) is 23.4 Å². The Morgan fingerprint density at radius 2 is 2.00 bits per heavy atom. The average Bonchev–Trinajstić information content (AvgIpc) is 2.14. The molecule has 90 valence electrons. The normalized spacial score (nSPS) is 13.9. The van der Waals surface area contributed by atoms with E-state index < -0.39 is 0 Å². The molecule has 0 aliphatic carbocycles. The first-order valence-electron chi connectivity index (χ1n) is 5.68. The van der Waals surface area contributed by atoms with Gasteiger partial charge in [-0.15, -0.1) is 11.8 Å². The molecule has 3 heteroatoms. The Hall–Kier alpha value is -0.540. The third kappa shape index (κ3) is 3.80. The highest BCUT2D eigenvalue weighted by Gasteiger charge is 2.15. The lowest BCUT2D eigenvalue weighted by molar-refractivity contribution is 0.172. The summed E-state index contributed by atoms with van der Waals surface area (Å²) in [6.07, 6.45) is 0.343. The van der Waals surface area contributed by atoms with E-state index in [0.717, 1.165) is 22.7 Å². The summed E-state index contributed by atoms with van der Waals surface area (Å²) in [4.78, 5) is 4.53. The van der Waals surface area contributed by atoms with Crippen molar-refractivity contribution >= 4 is 11.8 Å². The summed E-state index contributed by atoms with van der Waals surface area (Å²) in [5, 5.41) is 10.8. The molecule has 1 rings (SSSR count). The standard InChI is InChI=1S/C13H21NOS/c1-6-11(15)10-7-8-12(14-9(10)2)16-13(3,4)5/h7-8,11,15H,6H2,1-5H3/t11-/m0/s1. The molecular formula is C13H21NOS. The maximum Gasteiger partial charge on any atom is 0.0968 e. The fourth-order valence-corrected chi connectivity index (χ4v) is 2.44. The number of rotatable bonds is 3. The van der Waals surface area contributed by atoms with Crippen LogP contribution in [0.2, 0.25) is 0 Å². The van der Waals surface area contributed by atoms with E-state index in [4.69, 9.17) is 0 Å². The number of hydrogen-bond donors (Lipinski definition) is 1. The van der Waals surface area contributed by atoms with Gasteiger partial charge in [0.1, 0.15) is 0 Å². The van der Waals surface area contributed by atoms with Gasteiger partial charge in [0.05, 0.1) is 11.1 Å². The van der Waals surface area contributed by atoms with Gasteiger partial charge in [0, 0.05) is 16.0 Å². The maximum absolute atomic E-state index is 9.79. The molecule has 0 spiro atoms. The van der Waals surface area contributed by atoms with Crippen molar-refractivity contribution in [2.45, 2.75) is 56.9 Å². The number of thioether (sulfide) groups is 1. The van der Waals surface area contributed by atoms with Crippen LogP contribution in [-0.4, -0.2) is 14.8 Å². The fourth-order valence-electron chi connectivity index (χ4n) is 1.49. The van der Waals surface area contributed by atoms with Crippen molar-refractivity contribution in [3.8, 4) is 0 Å². The van der Waals surface area contributed by atoms with Crippen LogP contribution in [0.1, 0.15) is 51.5 Å². The Bertz CT molecular complexity index is 357. The van der Waals surface area contributed by atoms with Crippen LogP contribution in [0.15, 0.2) is 17.2 Å². The van der Waals surface area contributed by atoms with Crippen LogP contribution in [0.3, 0.4) is 0 Å². The zero-order chi connectivity index (χ0) is 12.3. The smallest absolute Gasteiger partial charge is 0.0968 e. The number of aliphatic hydroxyl groups is 1. The SMILES string of the molecule is CC[C@H](O)c1ccc(SC(C)(C)C)nc1C. The Labute approximate surface area is 102 Å². The summed E-state index contributed by atoms with van der Waals surface area (Å²) in [5.41, 5.74) is 1.88. The summed E-state index contributed by atoms with van der Waals surface area (Å²) in [5.74, 6) is 0. The van der Waals surface area contributed by atoms with Gasteiger partial charge < -0.3 is 5.11 Å². The van der Waals surface area contributed by atoms with Crippen molar-refractivity contribution in [2.24, 2.45) is 0 Å².